The zero-order chi connectivity index (χ0) is 25.4. The normalized spacial score (nSPS) is 20.5. The molecule has 2 aromatic carbocycles. The van der Waals surface area contributed by atoms with Crippen LogP contribution in [-0.4, -0.2) is 25.2 Å². The highest BCUT2D eigenvalue weighted by Crippen LogP contribution is 2.47. The van der Waals surface area contributed by atoms with Gasteiger partial charge in [0.15, 0.2) is 17.3 Å². The summed E-state index contributed by atoms with van der Waals surface area (Å²) in [6.07, 6.45) is 1.75. The van der Waals surface area contributed by atoms with Crippen LogP contribution >= 0.6 is 11.3 Å². The SMILES string of the molecule is CC1=C(C(=O)OCCc2ccccc2)[C@H](c2ccc3c(c2)OCO3)C2=C(C[C@H](c3cccs3)CC2=O)N1. The van der Waals surface area contributed by atoms with E-state index in [1.54, 1.807) is 11.3 Å². The number of nitrogens with one attached hydrogen (secondary N) is 1. The molecule has 0 radical (unpaired) electrons. The molecule has 37 heavy (non-hydrogen) atoms. The Kier molecular flexibility index (Phi) is 6.30. The van der Waals surface area contributed by atoms with Crippen LogP contribution in [0, 0.1) is 0 Å². The van der Waals surface area contributed by atoms with E-state index < -0.39 is 11.9 Å². The maximum Gasteiger partial charge on any atom is 0.336 e. The van der Waals surface area contributed by atoms with Crippen LogP contribution in [0.3, 0.4) is 0 Å². The lowest BCUT2D eigenvalue weighted by atomic mass is 9.72. The van der Waals surface area contributed by atoms with Gasteiger partial charge in [-0.1, -0.05) is 42.5 Å². The minimum atomic E-state index is -0.535. The Morgan fingerprint density at radius 3 is 2.70 bits per heavy atom. The number of benzene rings is 2. The minimum absolute atomic E-state index is 0.0527. The van der Waals surface area contributed by atoms with Crippen molar-refractivity contribution in [2.24, 2.45) is 0 Å². The second-order valence-electron chi connectivity index (χ2n) is 9.52. The van der Waals surface area contributed by atoms with Gasteiger partial charge in [-0.3, -0.25) is 4.79 Å². The van der Waals surface area contributed by atoms with Gasteiger partial charge < -0.3 is 19.5 Å². The molecule has 0 saturated heterocycles. The maximum atomic E-state index is 13.7. The van der Waals surface area contributed by atoms with Crippen LogP contribution in [0.5, 0.6) is 11.5 Å². The monoisotopic (exact) mass is 513 g/mol. The van der Waals surface area contributed by atoms with Crippen LogP contribution in [0.2, 0.25) is 0 Å². The molecule has 1 aliphatic carbocycles. The molecule has 0 saturated carbocycles. The number of rotatable bonds is 6. The number of hydrogen-bond donors (Lipinski definition) is 1. The molecule has 3 aliphatic rings. The van der Waals surface area contributed by atoms with Crippen molar-refractivity contribution in [3.05, 3.63) is 105 Å². The van der Waals surface area contributed by atoms with Gasteiger partial charge >= 0.3 is 5.97 Å². The third kappa shape index (κ3) is 4.55. The third-order valence-corrected chi connectivity index (χ3v) is 8.22. The van der Waals surface area contributed by atoms with Gasteiger partial charge in [-0.2, -0.15) is 0 Å². The van der Waals surface area contributed by atoms with E-state index in [2.05, 4.69) is 11.4 Å². The summed E-state index contributed by atoms with van der Waals surface area (Å²) in [5.41, 5.74) is 4.62. The van der Waals surface area contributed by atoms with E-state index >= 15 is 0 Å². The molecule has 0 fully saturated rings. The largest absolute Gasteiger partial charge is 0.462 e. The van der Waals surface area contributed by atoms with E-state index in [9.17, 15) is 9.59 Å². The standard InChI is InChI=1S/C30H27NO5S/c1-18-27(30(33)34-12-11-19-6-3-2-4-7-19)28(20-9-10-24-25(16-20)36-17-35-24)29-22(31-18)14-21(15-23(29)32)26-8-5-13-37-26/h2-10,13,16,21,28,31H,11-12,14-15,17H2,1H3/t21-,28-/m0/s1. The number of thiophene rings is 1. The second-order valence-corrected chi connectivity index (χ2v) is 10.5. The fourth-order valence-corrected chi connectivity index (χ4v) is 6.27. The number of ketones is 1. The molecule has 7 heteroatoms. The van der Waals surface area contributed by atoms with E-state index in [0.29, 0.717) is 41.2 Å². The van der Waals surface area contributed by atoms with E-state index in [1.165, 1.54) is 4.88 Å². The molecule has 1 N–H and O–H groups in total. The van der Waals surface area contributed by atoms with E-state index in [4.69, 9.17) is 14.2 Å². The predicted octanol–water partition coefficient (Wildman–Crippen LogP) is 5.62. The Bertz CT molecular complexity index is 1410. The fraction of sp³-hybridized carbons (Fsp3) is 0.267. The third-order valence-electron chi connectivity index (χ3n) is 7.19. The minimum Gasteiger partial charge on any atom is -0.462 e. The van der Waals surface area contributed by atoms with Crippen molar-refractivity contribution >= 4 is 23.1 Å². The highest BCUT2D eigenvalue weighted by Gasteiger charge is 2.42. The molecule has 1 aromatic heterocycles. The molecule has 0 spiro atoms. The molecule has 2 aliphatic heterocycles. The Morgan fingerprint density at radius 1 is 1.05 bits per heavy atom. The molecule has 0 amide bonds. The van der Waals surface area contributed by atoms with Crippen molar-refractivity contribution in [2.75, 3.05) is 13.4 Å². The fourth-order valence-electron chi connectivity index (χ4n) is 5.44. The number of esters is 1. The molecule has 6 rings (SSSR count). The van der Waals surface area contributed by atoms with Gasteiger partial charge in [-0.15, -0.1) is 11.3 Å². The first-order valence-electron chi connectivity index (χ1n) is 12.5. The van der Waals surface area contributed by atoms with Crippen molar-refractivity contribution in [3.63, 3.8) is 0 Å². The molecular formula is C30H27NO5S. The average Bonchev–Trinajstić information content (AvgIpc) is 3.60. The van der Waals surface area contributed by atoms with Gasteiger partial charge in [0, 0.05) is 46.5 Å². The molecule has 188 valence electrons. The molecule has 2 atom stereocenters. The van der Waals surface area contributed by atoms with Crippen LogP contribution in [0.1, 0.15) is 47.6 Å². The number of allylic oxidation sites excluding steroid dienone is 3. The van der Waals surface area contributed by atoms with Crippen molar-refractivity contribution in [2.45, 2.75) is 38.0 Å². The van der Waals surface area contributed by atoms with Crippen LogP contribution < -0.4 is 14.8 Å². The summed E-state index contributed by atoms with van der Waals surface area (Å²) in [7, 11) is 0. The summed E-state index contributed by atoms with van der Waals surface area (Å²) in [6, 6.07) is 19.7. The Hall–Kier alpha value is -3.84. The number of Topliss-reactive ketones (excluding diaryl/α,β-unsaturated/α-hetero) is 1. The number of dihydropyridines is 1. The molecule has 3 heterocycles. The van der Waals surface area contributed by atoms with E-state index in [1.807, 2.05) is 66.9 Å². The number of carbonyl (C=O) groups excluding carboxylic acids is 2. The summed E-state index contributed by atoms with van der Waals surface area (Å²) < 4.78 is 16.9. The Balaban J connectivity index is 1.34. The van der Waals surface area contributed by atoms with Crippen molar-refractivity contribution in [1.82, 2.24) is 5.32 Å². The van der Waals surface area contributed by atoms with Crippen LogP contribution in [-0.2, 0) is 20.7 Å². The van der Waals surface area contributed by atoms with E-state index in [0.717, 1.165) is 23.2 Å². The van der Waals surface area contributed by atoms with Crippen LogP contribution in [0.4, 0.5) is 0 Å². The van der Waals surface area contributed by atoms with Gasteiger partial charge in [0.05, 0.1) is 12.2 Å². The summed E-state index contributed by atoms with van der Waals surface area (Å²) in [5, 5.41) is 5.46. The molecule has 6 nitrogen and oxygen atoms in total. The summed E-state index contributed by atoms with van der Waals surface area (Å²) in [6.45, 7) is 2.30. The van der Waals surface area contributed by atoms with Gasteiger partial charge in [-0.05, 0) is 48.1 Å². The average molecular weight is 514 g/mol. The number of fused-ring (bicyclic) bond motifs is 1. The number of ether oxygens (including phenoxy) is 3. The predicted molar refractivity (Wildman–Crippen MR) is 141 cm³/mol. The first-order chi connectivity index (χ1) is 18.1. The molecular weight excluding hydrogens is 486 g/mol. The Morgan fingerprint density at radius 2 is 1.89 bits per heavy atom. The van der Waals surface area contributed by atoms with Crippen molar-refractivity contribution < 1.29 is 23.8 Å². The first kappa shape index (κ1) is 23.6. The quantitative estimate of drug-likeness (QED) is 0.431. The molecule has 3 aromatic rings. The van der Waals surface area contributed by atoms with Crippen LogP contribution in [0.15, 0.2) is 88.6 Å². The zero-order valence-corrected chi connectivity index (χ0v) is 21.3. The molecule has 0 unspecified atom stereocenters. The van der Waals surface area contributed by atoms with E-state index in [-0.39, 0.29) is 25.1 Å². The maximum absolute atomic E-state index is 13.7. The lowest BCUT2D eigenvalue weighted by molar-refractivity contribution is -0.139. The number of hydrogen-bond acceptors (Lipinski definition) is 7. The zero-order valence-electron chi connectivity index (χ0n) is 20.5. The Labute approximate surface area is 219 Å². The summed E-state index contributed by atoms with van der Waals surface area (Å²) in [5.74, 6) is 0.509. The molecule has 0 bridgehead atoms. The summed E-state index contributed by atoms with van der Waals surface area (Å²) >= 11 is 1.68. The van der Waals surface area contributed by atoms with Crippen molar-refractivity contribution in [1.29, 1.82) is 0 Å². The number of carbonyl (C=O) groups is 2. The second kappa shape index (κ2) is 9.90. The van der Waals surface area contributed by atoms with Gasteiger partial charge in [-0.25, -0.2) is 4.79 Å². The van der Waals surface area contributed by atoms with Crippen molar-refractivity contribution in [3.8, 4) is 11.5 Å². The first-order valence-corrected chi connectivity index (χ1v) is 13.3. The summed E-state index contributed by atoms with van der Waals surface area (Å²) in [4.78, 5) is 28.4. The topological polar surface area (TPSA) is 73.9 Å². The van der Waals surface area contributed by atoms with Gasteiger partial charge in [0.2, 0.25) is 6.79 Å². The lowest BCUT2D eigenvalue weighted by Gasteiger charge is -2.36. The van der Waals surface area contributed by atoms with Gasteiger partial charge in [0.25, 0.3) is 0 Å². The smallest absolute Gasteiger partial charge is 0.336 e. The highest BCUT2D eigenvalue weighted by atomic mass is 32.1. The highest BCUT2D eigenvalue weighted by molar-refractivity contribution is 7.10. The lowest BCUT2D eigenvalue weighted by Crippen LogP contribution is -2.36. The van der Waals surface area contributed by atoms with Gasteiger partial charge in [0.1, 0.15) is 0 Å². The van der Waals surface area contributed by atoms with Crippen LogP contribution in [0.25, 0.3) is 0 Å².